The van der Waals surface area contributed by atoms with Crippen molar-refractivity contribution in [3.05, 3.63) is 155 Å². The molecule has 0 spiro atoms. The number of aromatic nitrogens is 3. The molecular formula is C56H63IrN3SSi-2. The minimum atomic E-state index is -1.34. The van der Waals surface area contributed by atoms with Crippen LogP contribution in [0.4, 0.5) is 0 Å². The van der Waals surface area contributed by atoms with Gasteiger partial charge in [-0.15, -0.1) is 47.3 Å². The van der Waals surface area contributed by atoms with Gasteiger partial charge in [-0.05, 0) is 93.4 Å². The fraction of sp³-hybridized carbons (Fsp3) is 0.321. The van der Waals surface area contributed by atoms with Gasteiger partial charge < -0.3 is 9.55 Å². The number of hydrogen-bond acceptors (Lipinski definition) is 3. The molecule has 3 nitrogen and oxygen atoms in total. The van der Waals surface area contributed by atoms with Crippen molar-refractivity contribution in [2.45, 2.75) is 107 Å². The van der Waals surface area contributed by atoms with Crippen LogP contribution in [0.5, 0.6) is 0 Å². The summed E-state index contributed by atoms with van der Waals surface area (Å²) >= 11 is 1.69. The number of hydrogen-bond donors (Lipinski definition) is 0. The standard InChI is InChI=1S/C38H39N2S.C18H24NSi.Ir/c1-24(2)29-20-28(27-13-9-8-10-14-27)21-30(25(3)4)36(29)40-34-16-12-11-15-33(34)39-37(40)32-23-41-35-18-17-26(19-31(32)35)22-38(5,6)7;1-14(2)11-16-12-17(15-9-7-6-8-10-15)19-13-18(16)20(3,4)5;/h8-21,24-25H,22H2,1-7H3;6-9,12-14H,11H2,1-5H3;/q2*-1;. The Morgan fingerprint density at radius 1 is 0.742 bits per heavy atom. The first kappa shape index (κ1) is 47.0. The number of benzene rings is 5. The van der Waals surface area contributed by atoms with Crippen molar-refractivity contribution in [2.75, 3.05) is 0 Å². The van der Waals surface area contributed by atoms with E-state index in [-0.39, 0.29) is 25.5 Å². The first-order valence-electron chi connectivity index (χ1n) is 22.1. The zero-order chi connectivity index (χ0) is 43.6. The van der Waals surface area contributed by atoms with E-state index in [1.165, 1.54) is 54.3 Å². The maximum atomic E-state index is 5.31. The maximum Gasteiger partial charge on any atom is 0.0798 e. The summed E-state index contributed by atoms with van der Waals surface area (Å²) in [4.78, 5) is 9.99. The smallest absolute Gasteiger partial charge is 0.0798 e. The van der Waals surface area contributed by atoms with Crippen molar-refractivity contribution in [3.63, 3.8) is 0 Å². The van der Waals surface area contributed by atoms with E-state index >= 15 is 0 Å². The number of pyridine rings is 1. The van der Waals surface area contributed by atoms with Crippen LogP contribution >= 0.6 is 11.3 Å². The zero-order valence-corrected chi connectivity index (χ0v) is 43.0. The summed E-state index contributed by atoms with van der Waals surface area (Å²) in [6.07, 6.45) is 4.27. The Hall–Kier alpha value is -4.45. The topological polar surface area (TPSA) is 30.7 Å². The van der Waals surface area contributed by atoms with E-state index in [1.807, 2.05) is 18.2 Å². The zero-order valence-electron chi connectivity index (χ0n) is 38.8. The molecular weight excluding hydrogens is 967 g/mol. The van der Waals surface area contributed by atoms with Crippen LogP contribution in [0.15, 0.2) is 121 Å². The molecule has 1 radical (unpaired) electrons. The maximum absolute atomic E-state index is 5.31. The van der Waals surface area contributed by atoms with Gasteiger partial charge in [0, 0.05) is 32.0 Å². The second-order valence-corrected chi connectivity index (χ2v) is 25.8. The van der Waals surface area contributed by atoms with Crippen LogP contribution in [0.2, 0.25) is 19.6 Å². The average Bonchev–Trinajstić information content (AvgIpc) is 3.81. The van der Waals surface area contributed by atoms with Crippen LogP contribution < -0.4 is 5.19 Å². The molecule has 0 bridgehead atoms. The fourth-order valence-corrected chi connectivity index (χ4v) is 10.8. The Morgan fingerprint density at radius 3 is 2.02 bits per heavy atom. The Kier molecular flexibility index (Phi) is 14.8. The second-order valence-electron chi connectivity index (χ2n) is 19.9. The summed E-state index contributed by atoms with van der Waals surface area (Å²) < 4.78 is 3.69. The number of fused-ring (bicyclic) bond motifs is 2. The molecule has 0 saturated carbocycles. The third-order valence-electron chi connectivity index (χ3n) is 11.2. The number of para-hydroxylation sites is 2. The number of rotatable bonds is 10. The third-order valence-corrected chi connectivity index (χ3v) is 14.2. The summed E-state index contributed by atoms with van der Waals surface area (Å²) in [5.74, 6) is 2.31. The summed E-state index contributed by atoms with van der Waals surface area (Å²) in [5, 5.41) is 6.42. The minimum absolute atomic E-state index is 0. The van der Waals surface area contributed by atoms with Crippen molar-refractivity contribution < 1.29 is 20.1 Å². The van der Waals surface area contributed by atoms with E-state index in [2.05, 4.69) is 206 Å². The van der Waals surface area contributed by atoms with Crippen molar-refractivity contribution in [3.8, 4) is 39.5 Å². The van der Waals surface area contributed by atoms with Gasteiger partial charge in [-0.2, -0.15) is 0 Å². The van der Waals surface area contributed by atoms with Gasteiger partial charge >= 0.3 is 0 Å². The van der Waals surface area contributed by atoms with Crippen LogP contribution in [0.3, 0.4) is 0 Å². The molecule has 0 N–H and O–H groups in total. The van der Waals surface area contributed by atoms with Gasteiger partial charge in [-0.25, -0.2) is 0 Å². The minimum Gasteiger partial charge on any atom is -0.333 e. The van der Waals surface area contributed by atoms with Crippen LogP contribution in [0.25, 0.3) is 60.6 Å². The summed E-state index contributed by atoms with van der Waals surface area (Å²) in [7, 11) is -1.34. The molecule has 0 aliphatic rings. The first-order chi connectivity index (χ1) is 29.0. The molecule has 62 heavy (non-hydrogen) atoms. The van der Waals surface area contributed by atoms with Crippen LogP contribution in [-0.2, 0) is 32.9 Å². The number of thiophene rings is 1. The van der Waals surface area contributed by atoms with Gasteiger partial charge in [0.05, 0.1) is 24.9 Å². The molecule has 0 fully saturated rings. The van der Waals surface area contributed by atoms with Crippen LogP contribution in [-0.4, -0.2) is 22.6 Å². The summed E-state index contributed by atoms with van der Waals surface area (Å²) in [6.45, 7) is 27.9. The van der Waals surface area contributed by atoms with E-state index in [0.717, 1.165) is 46.5 Å². The Bertz CT molecular complexity index is 2720. The van der Waals surface area contributed by atoms with Gasteiger partial charge in [-0.1, -0.05) is 169 Å². The van der Waals surface area contributed by atoms with E-state index in [9.17, 15) is 0 Å². The average molecular weight is 1030 g/mol. The molecule has 6 heteroatoms. The normalized spacial score (nSPS) is 12.0. The first-order valence-corrected chi connectivity index (χ1v) is 26.4. The van der Waals surface area contributed by atoms with Crippen LogP contribution in [0.1, 0.15) is 96.4 Å². The number of nitrogens with zero attached hydrogens (tertiary/aromatic N) is 3. The second kappa shape index (κ2) is 19.5. The third kappa shape index (κ3) is 10.7. The van der Waals surface area contributed by atoms with E-state index < -0.39 is 8.07 Å². The van der Waals surface area contributed by atoms with Crippen molar-refractivity contribution in [1.29, 1.82) is 0 Å². The molecule has 323 valence electrons. The molecule has 8 aromatic rings. The van der Waals surface area contributed by atoms with Gasteiger partial charge in [-0.3, -0.25) is 16.3 Å². The Morgan fingerprint density at radius 2 is 1.40 bits per heavy atom. The van der Waals surface area contributed by atoms with Gasteiger partial charge in [0.25, 0.3) is 0 Å². The van der Waals surface area contributed by atoms with Crippen molar-refractivity contribution >= 4 is 45.7 Å². The monoisotopic (exact) mass is 1030 g/mol. The molecule has 3 heterocycles. The Labute approximate surface area is 390 Å². The largest absolute Gasteiger partial charge is 0.333 e. The predicted octanol–water partition coefficient (Wildman–Crippen LogP) is 15.5. The molecule has 0 atom stereocenters. The molecule has 5 aromatic carbocycles. The van der Waals surface area contributed by atoms with Gasteiger partial charge in [0.15, 0.2) is 0 Å². The quantitative estimate of drug-likeness (QED) is 0.101. The molecule has 0 saturated heterocycles. The molecule has 3 aromatic heterocycles. The predicted molar refractivity (Wildman–Crippen MR) is 268 cm³/mol. The molecule has 0 amide bonds. The SMILES string of the molecule is CC(C)Cc1cc(-c2[c-]cccc2)ncc1[Si](C)(C)C.CC(C)c1cc(-c2ccccc2)cc(C(C)C)c1-n1c(-c2[c-]sc3ccc(CC(C)(C)C)cc23)nc2ccccc21.[Ir]. The van der Waals surface area contributed by atoms with Crippen molar-refractivity contribution in [2.24, 2.45) is 11.3 Å². The fourth-order valence-electron chi connectivity index (χ4n) is 8.43. The van der Waals surface area contributed by atoms with E-state index in [1.54, 1.807) is 11.3 Å². The number of imidazole rings is 1. The molecule has 0 aliphatic carbocycles. The van der Waals surface area contributed by atoms with Gasteiger partial charge in [0.1, 0.15) is 0 Å². The molecule has 0 unspecified atom stereocenters. The Balaban J connectivity index is 0.000000258. The van der Waals surface area contributed by atoms with E-state index in [4.69, 9.17) is 4.98 Å². The molecule has 0 aliphatic heterocycles. The molecule has 8 rings (SSSR count). The van der Waals surface area contributed by atoms with Crippen LogP contribution in [0, 0.1) is 22.8 Å². The summed E-state index contributed by atoms with van der Waals surface area (Å²) in [5.41, 5.74) is 14.9. The summed E-state index contributed by atoms with van der Waals surface area (Å²) in [6, 6.07) is 44.7. The van der Waals surface area contributed by atoms with E-state index in [0.29, 0.717) is 17.8 Å². The van der Waals surface area contributed by atoms with Crippen molar-refractivity contribution in [1.82, 2.24) is 14.5 Å². The van der Waals surface area contributed by atoms with Gasteiger partial charge in [0.2, 0.25) is 0 Å².